The summed E-state index contributed by atoms with van der Waals surface area (Å²) in [5, 5.41) is 15.8. The second-order valence-electron chi connectivity index (χ2n) is 5.01. The number of hydrogen-bond donors (Lipinski definition) is 2. The molecule has 1 aromatic carbocycles. The van der Waals surface area contributed by atoms with Crippen molar-refractivity contribution in [2.45, 2.75) is 31.6 Å². The zero-order valence-electron chi connectivity index (χ0n) is 11.3. The molecule has 0 aliphatic heterocycles. The Morgan fingerprint density at radius 2 is 1.86 bits per heavy atom. The van der Waals surface area contributed by atoms with E-state index in [9.17, 15) is 4.79 Å². The highest BCUT2D eigenvalue weighted by Crippen LogP contribution is 2.36. The Bertz CT molecular complexity index is 622. The average molecular weight is 323 g/mol. The Kier molecular flexibility index (Phi) is 4.36. The molecule has 2 aromatic rings. The van der Waals surface area contributed by atoms with Crippen molar-refractivity contribution in [1.29, 1.82) is 0 Å². The molecule has 1 aliphatic rings. The number of benzene rings is 1. The number of anilines is 2. The molecule has 21 heavy (non-hydrogen) atoms. The predicted octanol–water partition coefficient (Wildman–Crippen LogP) is 4.49. The van der Waals surface area contributed by atoms with Crippen molar-refractivity contribution in [3.05, 3.63) is 34.3 Å². The molecule has 0 unspecified atom stereocenters. The number of amides is 2. The molecule has 0 radical (unpaired) electrons. The lowest BCUT2D eigenvalue weighted by atomic mass is 10.1. The van der Waals surface area contributed by atoms with Gasteiger partial charge < -0.3 is 5.32 Å². The van der Waals surface area contributed by atoms with Crippen LogP contribution in [0.3, 0.4) is 0 Å². The predicted molar refractivity (Wildman–Crippen MR) is 85.2 cm³/mol. The number of hydrogen-bond acceptors (Lipinski definition) is 4. The van der Waals surface area contributed by atoms with Crippen LogP contribution < -0.4 is 10.6 Å². The lowest BCUT2D eigenvalue weighted by molar-refractivity contribution is 0.262. The van der Waals surface area contributed by atoms with Gasteiger partial charge in [-0.3, -0.25) is 5.32 Å². The van der Waals surface area contributed by atoms with Gasteiger partial charge in [0.15, 0.2) is 0 Å². The number of urea groups is 1. The fourth-order valence-corrected chi connectivity index (χ4v) is 3.45. The van der Waals surface area contributed by atoms with Crippen LogP contribution in [0.2, 0.25) is 5.02 Å². The maximum absolute atomic E-state index is 11.9. The van der Waals surface area contributed by atoms with Gasteiger partial charge >= 0.3 is 6.03 Å². The number of nitrogens with one attached hydrogen (secondary N) is 2. The van der Waals surface area contributed by atoms with Gasteiger partial charge in [-0.1, -0.05) is 35.8 Å². The third-order valence-electron chi connectivity index (χ3n) is 3.47. The summed E-state index contributed by atoms with van der Waals surface area (Å²) in [5.41, 5.74) is 0.678. The van der Waals surface area contributed by atoms with Crippen LogP contribution in [0.15, 0.2) is 24.3 Å². The van der Waals surface area contributed by atoms with Crippen LogP contribution in [0.5, 0.6) is 0 Å². The van der Waals surface area contributed by atoms with Crippen LogP contribution in [0.4, 0.5) is 15.6 Å². The van der Waals surface area contributed by atoms with Crippen molar-refractivity contribution in [2.24, 2.45) is 0 Å². The third-order valence-corrected chi connectivity index (χ3v) is 4.72. The van der Waals surface area contributed by atoms with Gasteiger partial charge in [0.1, 0.15) is 5.01 Å². The fourth-order valence-electron chi connectivity index (χ4n) is 2.42. The second-order valence-corrected chi connectivity index (χ2v) is 6.46. The lowest BCUT2D eigenvalue weighted by Crippen LogP contribution is -2.19. The van der Waals surface area contributed by atoms with Gasteiger partial charge in [-0.05, 0) is 37.1 Å². The molecule has 3 rings (SSSR count). The van der Waals surface area contributed by atoms with E-state index in [1.807, 2.05) is 0 Å². The minimum absolute atomic E-state index is 0.327. The quantitative estimate of drug-likeness (QED) is 0.874. The SMILES string of the molecule is O=C(Nc1ccc(Cl)cc1)Nc1nnc(C2CCCC2)s1. The number of rotatable bonds is 3. The van der Waals surface area contributed by atoms with Crippen molar-refractivity contribution >= 4 is 39.8 Å². The van der Waals surface area contributed by atoms with E-state index in [1.54, 1.807) is 24.3 Å². The van der Waals surface area contributed by atoms with Crippen molar-refractivity contribution < 1.29 is 4.79 Å². The molecule has 0 bridgehead atoms. The fraction of sp³-hybridized carbons (Fsp3) is 0.357. The smallest absolute Gasteiger partial charge is 0.308 e. The first-order chi connectivity index (χ1) is 10.2. The van der Waals surface area contributed by atoms with Crippen molar-refractivity contribution in [3.8, 4) is 0 Å². The Morgan fingerprint density at radius 3 is 2.57 bits per heavy atom. The maximum Gasteiger partial charge on any atom is 0.325 e. The molecule has 7 heteroatoms. The van der Waals surface area contributed by atoms with Gasteiger partial charge in [0.2, 0.25) is 5.13 Å². The number of carbonyl (C=O) groups excluding carboxylic acids is 1. The van der Waals surface area contributed by atoms with E-state index in [0.717, 1.165) is 5.01 Å². The molecule has 0 spiro atoms. The van der Waals surface area contributed by atoms with Gasteiger partial charge in [0.05, 0.1) is 0 Å². The molecule has 0 saturated heterocycles. The third kappa shape index (κ3) is 3.71. The van der Waals surface area contributed by atoms with Gasteiger partial charge in [-0.2, -0.15) is 0 Å². The van der Waals surface area contributed by atoms with Gasteiger partial charge in [0.25, 0.3) is 0 Å². The van der Waals surface area contributed by atoms with Gasteiger partial charge in [-0.15, -0.1) is 10.2 Å². The van der Waals surface area contributed by atoms with Crippen LogP contribution in [0, 0.1) is 0 Å². The van der Waals surface area contributed by atoms with Crippen LogP contribution in [0.1, 0.15) is 36.6 Å². The average Bonchev–Trinajstić information content (AvgIpc) is 3.12. The summed E-state index contributed by atoms with van der Waals surface area (Å²) in [4.78, 5) is 11.9. The lowest BCUT2D eigenvalue weighted by Gasteiger charge is -2.05. The van der Waals surface area contributed by atoms with E-state index in [1.165, 1.54) is 37.0 Å². The number of carbonyl (C=O) groups is 1. The molecule has 5 nitrogen and oxygen atoms in total. The number of aromatic nitrogens is 2. The molecule has 1 heterocycles. The van der Waals surface area contributed by atoms with E-state index in [4.69, 9.17) is 11.6 Å². The molecular formula is C14H15ClN4OS. The monoisotopic (exact) mass is 322 g/mol. The van der Waals surface area contributed by atoms with Crippen LogP contribution in [0.25, 0.3) is 0 Å². The molecule has 1 saturated carbocycles. The zero-order valence-corrected chi connectivity index (χ0v) is 12.9. The minimum Gasteiger partial charge on any atom is -0.308 e. The van der Waals surface area contributed by atoms with Crippen molar-refractivity contribution in [1.82, 2.24) is 10.2 Å². The second kappa shape index (κ2) is 6.41. The summed E-state index contributed by atoms with van der Waals surface area (Å²) in [6.07, 6.45) is 4.85. The van der Waals surface area contributed by atoms with Crippen LogP contribution in [-0.4, -0.2) is 16.2 Å². The van der Waals surface area contributed by atoms with Crippen molar-refractivity contribution in [3.63, 3.8) is 0 Å². The van der Waals surface area contributed by atoms with Crippen LogP contribution in [-0.2, 0) is 0 Å². The van der Waals surface area contributed by atoms with Gasteiger partial charge in [0, 0.05) is 16.6 Å². The van der Waals surface area contributed by atoms with E-state index in [2.05, 4.69) is 20.8 Å². The van der Waals surface area contributed by atoms with E-state index in [-0.39, 0.29) is 6.03 Å². The summed E-state index contributed by atoms with van der Waals surface area (Å²) in [6, 6.07) is 6.60. The van der Waals surface area contributed by atoms with E-state index in [0.29, 0.717) is 21.8 Å². The minimum atomic E-state index is -0.327. The van der Waals surface area contributed by atoms with E-state index >= 15 is 0 Å². The topological polar surface area (TPSA) is 66.9 Å². The number of halogens is 1. The Labute approximate surface area is 131 Å². The normalized spacial score (nSPS) is 15.1. The largest absolute Gasteiger partial charge is 0.325 e. The first-order valence-electron chi connectivity index (χ1n) is 6.88. The summed E-state index contributed by atoms with van der Waals surface area (Å²) >= 11 is 7.25. The number of nitrogens with zero attached hydrogens (tertiary/aromatic N) is 2. The molecule has 2 N–H and O–H groups in total. The Balaban J connectivity index is 1.58. The molecule has 1 fully saturated rings. The molecule has 1 aromatic heterocycles. The first-order valence-corrected chi connectivity index (χ1v) is 8.07. The van der Waals surface area contributed by atoms with Gasteiger partial charge in [-0.25, -0.2) is 4.79 Å². The van der Waals surface area contributed by atoms with Crippen LogP contribution >= 0.6 is 22.9 Å². The summed E-state index contributed by atoms with van der Waals surface area (Å²) < 4.78 is 0. The summed E-state index contributed by atoms with van der Waals surface area (Å²) in [6.45, 7) is 0. The zero-order chi connectivity index (χ0) is 14.7. The molecule has 0 atom stereocenters. The highest BCUT2D eigenvalue weighted by Gasteiger charge is 2.21. The van der Waals surface area contributed by atoms with Crippen molar-refractivity contribution in [2.75, 3.05) is 10.6 Å². The maximum atomic E-state index is 11.9. The molecular weight excluding hydrogens is 308 g/mol. The summed E-state index contributed by atoms with van der Waals surface area (Å²) in [7, 11) is 0. The highest BCUT2D eigenvalue weighted by molar-refractivity contribution is 7.15. The molecule has 1 aliphatic carbocycles. The highest BCUT2D eigenvalue weighted by atomic mass is 35.5. The first kappa shape index (κ1) is 14.3. The molecule has 110 valence electrons. The Hall–Kier alpha value is -1.66. The standard InChI is InChI=1S/C14H15ClN4OS/c15-10-5-7-11(8-6-10)16-13(20)17-14-19-18-12(21-14)9-3-1-2-4-9/h5-9H,1-4H2,(H2,16,17,19,20). The Morgan fingerprint density at radius 1 is 1.14 bits per heavy atom. The molecule has 2 amide bonds. The van der Waals surface area contributed by atoms with E-state index < -0.39 is 0 Å². The summed E-state index contributed by atoms with van der Waals surface area (Å²) in [5.74, 6) is 0.511.